The van der Waals surface area contributed by atoms with E-state index in [1.54, 1.807) is 0 Å². The maximum atomic E-state index is 2.57. The summed E-state index contributed by atoms with van der Waals surface area (Å²) in [6, 6.07) is 13.3. The molecule has 148 valence electrons. The van der Waals surface area contributed by atoms with Crippen LogP contribution < -0.4 is 33.4 Å². The minimum absolute atomic E-state index is 0. The quantitative estimate of drug-likeness (QED) is 0.274. The zero-order chi connectivity index (χ0) is 18.6. The van der Waals surface area contributed by atoms with Gasteiger partial charge >= 0.3 is 0 Å². The Hall–Kier alpha value is -1.36. The Balaban J connectivity index is 0.00000364. The number of pyridine rings is 1. The number of rotatable bonds is 11. The van der Waals surface area contributed by atoms with E-state index in [4.69, 9.17) is 0 Å². The fourth-order valence-electron chi connectivity index (χ4n) is 3.09. The summed E-state index contributed by atoms with van der Waals surface area (Å²) in [4.78, 5) is 2.57. The number of halogens is 1. The van der Waals surface area contributed by atoms with Crippen LogP contribution in [-0.4, -0.2) is 13.1 Å². The van der Waals surface area contributed by atoms with E-state index in [0.717, 1.165) is 0 Å². The molecule has 0 amide bonds. The van der Waals surface area contributed by atoms with Crippen LogP contribution in [0, 0.1) is 0 Å². The standard InChI is InChI=1S/C24H35N2.HI/c1-4-6-8-18-26(19-9-7-5-2)24-14-12-22(13-15-24)10-11-23-16-20-25(3)21-17-23;/h10-17,20-21H,4-9,18-19H2,1-3H3;1H/q+1;/p-1. The number of aromatic nitrogens is 1. The Kier molecular flexibility index (Phi) is 12.1. The van der Waals surface area contributed by atoms with Gasteiger partial charge in [0.15, 0.2) is 12.4 Å². The van der Waals surface area contributed by atoms with Gasteiger partial charge < -0.3 is 28.9 Å². The maximum Gasteiger partial charge on any atom is 0.169 e. The summed E-state index contributed by atoms with van der Waals surface area (Å²) in [7, 11) is 2.04. The van der Waals surface area contributed by atoms with Crippen LogP contribution in [-0.2, 0) is 7.05 Å². The molecule has 0 fully saturated rings. The topological polar surface area (TPSA) is 7.12 Å². The van der Waals surface area contributed by atoms with E-state index in [0.29, 0.717) is 0 Å². The summed E-state index contributed by atoms with van der Waals surface area (Å²) in [5, 5.41) is 0. The smallest absolute Gasteiger partial charge is 0.169 e. The van der Waals surface area contributed by atoms with Gasteiger partial charge in [-0.3, -0.25) is 0 Å². The second kappa shape index (κ2) is 13.8. The summed E-state index contributed by atoms with van der Waals surface area (Å²) >= 11 is 0. The van der Waals surface area contributed by atoms with Crippen LogP contribution in [0.1, 0.15) is 63.5 Å². The fraction of sp³-hybridized carbons (Fsp3) is 0.458. The van der Waals surface area contributed by atoms with Gasteiger partial charge in [0, 0.05) is 30.9 Å². The molecular weight excluding hydrogens is 443 g/mol. The van der Waals surface area contributed by atoms with Crippen molar-refractivity contribution in [2.45, 2.75) is 52.4 Å². The van der Waals surface area contributed by atoms with E-state index >= 15 is 0 Å². The van der Waals surface area contributed by atoms with E-state index < -0.39 is 0 Å². The molecule has 0 N–H and O–H groups in total. The number of anilines is 1. The third kappa shape index (κ3) is 8.91. The summed E-state index contributed by atoms with van der Waals surface area (Å²) in [6.45, 7) is 6.89. The molecule has 0 aliphatic rings. The third-order valence-electron chi connectivity index (χ3n) is 4.79. The summed E-state index contributed by atoms with van der Waals surface area (Å²) in [5.74, 6) is 0. The van der Waals surface area contributed by atoms with Crippen LogP contribution >= 0.6 is 0 Å². The Labute approximate surface area is 183 Å². The monoisotopic (exact) mass is 478 g/mol. The van der Waals surface area contributed by atoms with Gasteiger partial charge in [-0.25, -0.2) is 4.57 Å². The molecule has 0 aliphatic heterocycles. The molecular formula is C24H35IN2. The molecule has 1 heterocycles. The molecule has 0 aliphatic carbocycles. The van der Waals surface area contributed by atoms with Gasteiger partial charge in [0.1, 0.15) is 7.05 Å². The molecule has 0 saturated carbocycles. The Morgan fingerprint density at radius 2 is 1.22 bits per heavy atom. The summed E-state index contributed by atoms with van der Waals surface area (Å²) < 4.78 is 2.05. The molecule has 0 bridgehead atoms. The van der Waals surface area contributed by atoms with Crippen LogP contribution in [0.25, 0.3) is 12.2 Å². The van der Waals surface area contributed by atoms with E-state index in [2.05, 4.69) is 84.3 Å². The molecule has 0 unspecified atom stereocenters. The van der Waals surface area contributed by atoms with Crippen molar-refractivity contribution in [3.8, 4) is 0 Å². The SMILES string of the molecule is CCCCCN(CCCCC)c1ccc(/C=C/c2cc[n+](C)cc2)cc1.[I-]. The van der Waals surface area contributed by atoms with Gasteiger partial charge in [0.05, 0.1) is 0 Å². The Bertz CT molecular complexity index is 637. The first-order valence-corrected chi connectivity index (χ1v) is 10.2. The normalized spacial score (nSPS) is 10.8. The van der Waals surface area contributed by atoms with Crippen molar-refractivity contribution in [1.82, 2.24) is 0 Å². The average Bonchev–Trinajstić information content (AvgIpc) is 2.67. The van der Waals surface area contributed by atoms with Crippen molar-refractivity contribution < 1.29 is 28.5 Å². The highest BCUT2D eigenvalue weighted by molar-refractivity contribution is 5.70. The Morgan fingerprint density at radius 3 is 1.70 bits per heavy atom. The minimum atomic E-state index is 0. The predicted octanol–water partition coefficient (Wildman–Crippen LogP) is 2.87. The highest BCUT2D eigenvalue weighted by Gasteiger charge is 2.05. The zero-order valence-electron chi connectivity index (χ0n) is 17.2. The first kappa shape index (κ1) is 23.7. The van der Waals surface area contributed by atoms with Gasteiger partial charge in [-0.15, -0.1) is 0 Å². The lowest BCUT2D eigenvalue weighted by Crippen LogP contribution is -3.00. The summed E-state index contributed by atoms with van der Waals surface area (Å²) in [5.41, 5.74) is 3.85. The van der Waals surface area contributed by atoms with E-state index in [-0.39, 0.29) is 24.0 Å². The molecule has 27 heavy (non-hydrogen) atoms. The lowest BCUT2D eigenvalue weighted by Gasteiger charge is -2.25. The van der Waals surface area contributed by atoms with Crippen LogP contribution in [0.5, 0.6) is 0 Å². The van der Waals surface area contributed by atoms with Gasteiger partial charge in [0.25, 0.3) is 0 Å². The van der Waals surface area contributed by atoms with E-state index in [1.807, 2.05) is 7.05 Å². The number of aryl methyl sites for hydroxylation is 1. The van der Waals surface area contributed by atoms with Crippen LogP contribution in [0.3, 0.4) is 0 Å². The molecule has 3 heteroatoms. The molecule has 0 spiro atoms. The first-order valence-electron chi connectivity index (χ1n) is 10.2. The van der Waals surface area contributed by atoms with E-state index in [1.165, 1.54) is 68.4 Å². The number of benzene rings is 1. The largest absolute Gasteiger partial charge is 1.00 e. The first-order chi connectivity index (χ1) is 12.7. The van der Waals surface area contributed by atoms with Crippen molar-refractivity contribution in [2.24, 2.45) is 7.05 Å². The van der Waals surface area contributed by atoms with Crippen molar-refractivity contribution in [2.75, 3.05) is 18.0 Å². The molecule has 2 nitrogen and oxygen atoms in total. The van der Waals surface area contributed by atoms with Gasteiger partial charge in [0.2, 0.25) is 0 Å². The summed E-state index contributed by atoms with van der Waals surface area (Å²) in [6.07, 6.45) is 16.3. The highest BCUT2D eigenvalue weighted by Crippen LogP contribution is 2.19. The maximum absolute atomic E-state index is 2.57. The number of nitrogens with zero attached hydrogens (tertiary/aromatic N) is 2. The van der Waals surface area contributed by atoms with Crippen LogP contribution in [0.4, 0.5) is 5.69 Å². The van der Waals surface area contributed by atoms with Crippen LogP contribution in [0.2, 0.25) is 0 Å². The molecule has 0 saturated heterocycles. The van der Waals surface area contributed by atoms with Crippen molar-refractivity contribution in [1.29, 1.82) is 0 Å². The number of unbranched alkanes of at least 4 members (excludes halogenated alkanes) is 4. The average molecular weight is 478 g/mol. The molecule has 0 atom stereocenters. The second-order valence-corrected chi connectivity index (χ2v) is 7.12. The fourth-order valence-corrected chi connectivity index (χ4v) is 3.09. The number of hydrogen-bond acceptors (Lipinski definition) is 1. The molecule has 0 radical (unpaired) electrons. The predicted molar refractivity (Wildman–Crippen MR) is 114 cm³/mol. The molecule has 2 aromatic rings. The lowest BCUT2D eigenvalue weighted by molar-refractivity contribution is -0.671. The van der Waals surface area contributed by atoms with Gasteiger partial charge in [-0.2, -0.15) is 0 Å². The zero-order valence-corrected chi connectivity index (χ0v) is 19.4. The van der Waals surface area contributed by atoms with Crippen LogP contribution in [0.15, 0.2) is 48.8 Å². The van der Waals surface area contributed by atoms with Crippen molar-refractivity contribution in [3.05, 3.63) is 59.9 Å². The van der Waals surface area contributed by atoms with Gasteiger partial charge in [-0.05, 0) is 36.1 Å². The highest BCUT2D eigenvalue weighted by atomic mass is 127. The van der Waals surface area contributed by atoms with Gasteiger partial charge in [-0.1, -0.05) is 63.8 Å². The van der Waals surface area contributed by atoms with E-state index in [9.17, 15) is 0 Å². The Morgan fingerprint density at radius 1 is 0.741 bits per heavy atom. The lowest BCUT2D eigenvalue weighted by atomic mass is 10.1. The number of hydrogen-bond donors (Lipinski definition) is 0. The minimum Gasteiger partial charge on any atom is -1.00 e. The van der Waals surface area contributed by atoms with Crippen molar-refractivity contribution >= 4 is 17.8 Å². The molecule has 2 rings (SSSR count). The molecule has 1 aromatic heterocycles. The molecule has 1 aromatic carbocycles. The second-order valence-electron chi connectivity index (χ2n) is 7.12. The van der Waals surface area contributed by atoms with Crippen molar-refractivity contribution in [3.63, 3.8) is 0 Å². The third-order valence-corrected chi connectivity index (χ3v) is 4.79.